The van der Waals surface area contributed by atoms with Crippen molar-refractivity contribution in [1.29, 1.82) is 0 Å². The highest BCUT2D eigenvalue weighted by atomic mass is 79.9. The van der Waals surface area contributed by atoms with E-state index in [9.17, 15) is 9.59 Å². The minimum absolute atomic E-state index is 0.287. The highest BCUT2D eigenvalue weighted by molar-refractivity contribution is 9.10. The number of rotatable bonds is 1. The molecule has 1 aliphatic carbocycles. The molecule has 1 heterocycles. The summed E-state index contributed by atoms with van der Waals surface area (Å²) >= 11 is 3.31. The second-order valence-electron chi connectivity index (χ2n) is 4.50. The standard InChI is InChI=1S/C14H10BrNO3/c1-7-11(16-8(2)19-7)14(15)12(17)9-5-3-4-6-10(9)13(14)18/h3-6H,1-2H3. The van der Waals surface area contributed by atoms with Gasteiger partial charge < -0.3 is 4.42 Å². The lowest BCUT2D eigenvalue weighted by molar-refractivity contribution is 0.0868. The van der Waals surface area contributed by atoms with Gasteiger partial charge in [-0.15, -0.1) is 0 Å². The lowest BCUT2D eigenvalue weighted by Crippen LogP contribution is -2.32. The number of fused-ring (bicyclic) bond motifs is 1. The van der Waals surface area contributed by atoms with Crippen LogP contribution in [0.2, 0.25) is 0 Å². The fourth-order valence-corrected chi connectivity index (χ4v) is 3.21. The molecule has 0 spiro atoms. The number of aryl methyl sites for hydroxylation is 2. The summed E-state index contributed by atoms with van der Waals surface area (Å²) in [5.41, 5.74) is 1.19. The van der Waals surface area contributed by atoms with E-state index in [-0.39, 0.29) is 11.6 Å². The molecule has 0 saturated carbocycles. The monoisotopic (exact) mass is 319 g/mol. The Morgan fingerprint density at radius 1 is 1.11 bits per heavy atom. The van der Waals surface area contributed by atoms with Crippen LogP contribution < -0.4 is 0 Å². The molecule has 0 saturated heterocycles. The quantitative estimate of drug-likeness (QED) is 0.599. The molecule has 0 N–H and O–H groups in total. The first-order chi connectivity index (χ1) is 8.96. The first kappa shape index (κ1) is 12.3. The van der Waals surface area contributed by atoms with Crippen LogP contribution in [0, 0.1) is 13.8 Å². The van der Waals surface area contributed by atoms with Crippen LogP contribution >= 0.6 is 15.9 Å². The Bertz CT molecular complexity index is 682. The van der Waals surface area contributed by atoms with E-state index >= 15 is 0 Å². The van der Waals surface area contributed by atoms with Gasteiger partial charge in [0.2, 0.25) is 0 Å². The molecule has 2 aromatic rings. The first-order valence-electron chi connectivity index (χ1n) is 5.78. The average Bonchev–Trinajstić information content (AvgIpc) is 2.83. The minimum Gasteiger partial charge on any atom is -0.446 e. The maximum atomic E-state index is 12.5. The smallest absolute Gasteiger partial charge is 0.196 e. The van der Waals surface area contributed by atoms with Crippen molar-refractivity contribution in [3.63, 3.8) is 0 Å². The van der Waals surface area contributed by atoms with Gasteiger partial charge in [0.25, 0.3) is 0 Å². The number of hydrogen-bond donors (Lipinski definition) is 0. The third kappa shape index (κ3) is 1.48. The van der Waals surface area contributed by atoms with E-state index in [4.69, 9.17) is 4.42 Å². The van der Waals surface area contributed by atoms with E-state index < -0.39 is 4.32 Å². The number of alkyl halides is 1. The molecular weight excluding hydrogens is 310 g/mol. The lowest BCUT2D eigenvalue weighted by atomic mass is 9.98. The van der Waals surface area contributed by atoms with Crippen LogP contribution in [0.25, 0.3) is 0 Å². The van der Waals surface area contributed by atoms with Crippen LogP contribution in [0.4, 0.5) is 0 Å². The molecule has 0 bridgehead atoms. The number of halogens is 1. The summed E-state index contributed by atoms with van der Waals surface area (Å²) in [7, 11) is 0. The van der Waals surface area contributed by atoms with Crippen LogP contribution in [0.3, 0.4) is 0 Å². The SMILES string of the molecule is Cc1nc(C2(Br)C(=O)c3ccccc3C2=O)c(C)o1. The first-order valence-corrected chi connectivity index (χ1v) is 6.57. The Hall–Kier alpha value is -1.75. The summed E-state index contributed by atoms with van der Waals surface area (Å²) in [5, 5.41) is 0. The number of nitrogens with zero attached hydrogens (tertiary/aromatic N) is 1. The zero-order valence-corrected chi connectivity index (χ0v) is 11.9. The van der Waals surface area contributed by atoms with Crippen molar-refractivity contribution in [2.45, 2.75) is 18.2 Å². The van der Waals surface area contributed by atoms with E-state index in [0.717, 1.165) is 0 Å². The number of hydrogen-bond acceptors (Lipinski definition) is 4. The van der Waals surface area contributed by atoms with Crippen LogP contribution in [-0.2, 0) is 4.32 Å². The molecule has 96 valence electrons. The average molecular weight is 320 g/mol. The Morgan fingerprint density at radius 3 is 2.05 bits per heavy atom. The van der Waals surface area contributed by atoms with E-state index in [2.05, 4.69) is 20.9 Å². The molecule has 1 aliphatic rings. The number of Topliss-reactive ketones (excluding diaryl/α,β-unsaturated/α-hetero) is 2. The number of aromatic nitrogens is 1. The molecule has 1 aromatic carbocycles. The van der Waals surface area contributed by atoms with Crippen LogP contribution in [0.15, 0.2) is 28.7 Å². The topological polar surface area (TPSA) is 60.2 Å². The fraction of sp³-hybridized carbons (Fsp3) is 0.214. The van der Waals surface area contributed by atoms with Crippen LogP contribution in [0.1, 0.15) is 38.1 Å². The molecule has 0 atom stereocenters. The molecule has 4 nitrogen and oxygen atoms in total. The summed E-state index contributed by atoms with van der Waals surface area (Å²) in [6.07, 6.45) is 0. The Morgan fingerprint density at radius 2 is 1.63 bits per heavy atom. The van der Waals surface area contributed by atoms with E-state index in [1.807, 2.05) is 0 Å². The van der Waals surface area contributed by atoms with Gasteiger partial charge in [0.1, 0.15) is 11.5 Å². The van der Waals surface area contributed by atoms with Gasteiger partial charge in [-0.2, -0.15) is 0 Å². The van der Waals surface area contributed by atoms with E-state index in [0.29, 0.717) is 28.5 Å². The van der Waals surface area contributed by atoms with Gasteiger partial charge in [-0.05, 0) is 6.92 Å². The van der Waals surface area contributed by atoms with Crippen molar-refractivity contribution in [2.24, 2.45) is 0 Å². The fourth-order valence-electron chi connectivity index (χ4n) is 2.42. The molecular formula is C14H10BrNO3. The summed E-state index contributed by atoms with van der Waals surface area (Å²) in [4.78, 5) is 29.3. The molecule has 0 radical (unpaired) electrons. The zero-order chi connectivity index (χ0) is 13.8. The van der Waals surface area contributed by atoms with E-state index in [1.54, 1.807) is 38.1 Å². The van der Waals surface area contributed by atoms with Crippen molar-refractivity contribution in [3.05, 3.63) is 52.7 Å². The van der Waals surface area contributed by atoms with E-state index in [1.165, 1.54) is 0 Å². The maximum Gasteiger partial charge on any atom is 0.196 e. The molecule has 0 fully saturated rings. The summed E-state index contributed by atoms with van der Waals surface area (Å²) in [5.74, 6) is 0.334. The Balaban J connectivity index is 2.25. The van der Waals surface area contributed by atoms with Crippen molar-refractivity contribution < 1.29 is 14.0 Å². The van der Waals surface area contributed by atoms with Gasteiger partial charge in [-0.25, -0.2) is 4.98 Å². The van der Waals surface area contributed by atoms with Gasteiger partial charge in [-0.3, -0.25) is 9.59 Å². The predicted octanol–water partition coefficient (Wildman–Crippen LogP) is 2.96. The van der Waals surface area contributed by atoms with Crippen molar-refractivity contribution in [2.75, 3.05) is 0 Å². The number of carbonyl (C=O) groups excluding carboxylic acids is 2. The summed E-state index contributed by atoms with van der Waals surface area (Å²) < 4.78 is 3.90. The lowest BCUT2D eigenvalue weighted by Gasteiger charge is -2.15. The highest BCUT2D eigenvalue weighted by Crippen LogP contribution is 2.45. The minimum atomic E-state index is -1.45. The van der Waals surface area contributed by atoms with Crippen molar-refractivity contribution in [3.8, 4) is 0 Å². The Labute approximate surface area is 118 Å². The molecule has 0 aliphatic heterocycles. The molecule has 0 unspecified atom stereocenters. The maximum absolute atomic E-state index is 12.5. The number of oxazole rings is 1. The Kier molecular flexibility index (Phi) is 2.50. The van der Waals surface area contributed by atoms with Gasteiger partial charge in [0, 0.05) is 18.1 Å². The zero-order valence-electron chi connectivity index (χ0n) is 10.4. The predicted molar refractivity (Wildman–Crippen MR) is 71.7 cm³/mol. The number of carbonyl (C=O) groups is 2. The normalized spacial score (nSPS) is 16.8. The van der Waals surface area contributed by atoms with Gasteiger partial charge in [0.05, 0.1) is 0 Å². The largest absolute Gasteiger partial charge is 0.446 e. The molecule has 3 rings (SSSR count). The summed E-state index contributed by atoms with van der Waals surface area (Å²) in [6.45, 7) is 3.38. The summed E-state index contributed by atoms with van der Waals surface area (Å²) in [6, 6.07) is 6.79. The van der Waals surface area contributed by atoms with Crippen LogP contribution in [-0.4, -0.2) is 16.6 Å². The van der Waals surface area contributed by atoms with Crippen molar-refractivity contribution in [1.82, 2.24) is 4.98 Å². The van der Waals surface area contributed by atoms with Gasteiger partial charge in [-0.1, -0.05) is 40.2 Å². The van der Waals surface area contributed by atoms with Crippen molar-refractivity contribution >= 4 is 27.5 Å². The second-order valence-corrected chi connectivity index (χ2v) is 5.69. The van der Waals surface area contributed by atoms with Gasteiger partial charge >= 0.3 is 0 Å². The number of ketones is 2. The van der Waals surface area contributed by atoms with Crippen LogP contribution in [0.5, 0.6) is 0 Å². The number of benzene rings is 1. The second kappa shape index (κ2) is 3.87. The molecule has 19 heavy (non-hydrogen) atoms. The van der Waals surface area contributed by atoms with Gasteiger partial charge in [0.15, 0.2) is 21.8 Å². The third-order valence-electron chi connectivity index (χ3n) is 3.27. The molecule has 0 amide bonds. The molecule has 5 heteroatoms. The highest BCUT2D eigenvalue weighted by Gasteiger charge is 2.55. The third-order valence-corrected chi connectivity index (χ3v) is 4.37. The molecule has 1 aromatic heterocycles.